The Bertz CT molecular complexity index is 1460. The highest BCUT2D eigenvalue weighted by molar-refractivity contribution is 6.01. The number of hydrogen-bond acceptors (Lipinski definition) is 5. The Balaban J connectivity index is 1.95. The molecule has 0 aliphatic heterocycles. The minimum Gasteiger partial charge on any atom is -0.396 e. The van der Waals surface area contributed by atoms with E-state index in [1.165, 1.54) is 6.08 Å². The molecule has 0 aromatic heterocycles. The molecule has 1 fully saturated rings. The van der Waals surface area contributed by atoms with Gasteiger partial charge in [0.25, 0.3) is 0 Å². The normalized spacial score (nSPS) is 27.0. The lowest BCUT2D eigenvalue weighted by Gasteiger charge is -2.36. The van der Waals surface area contributed by atoms with Gasteiger partial charge in [0.1, 0.15) is 5.78 Å². The second-order valence-electron chi connectivity index (χ2n) is 13.7. The average Bonchev–Trinajstić information content (AvgIpc) is 3.20. The predicted octanol–water partition coefficient (Wildman–Crippen LogP) is 7.41. The van der Waals surface area contributed by atoms with E-state index in [9.17, 15) is 24.9 Å². The van der Waals surface area contributed by atoms with E-state index in [0.29, 0.717) is 18.4 Å². The first kappa shape index (κ1) is 37.6. The monoisotopic (exact) mass is 612 g/mol. The first-order chi connectivity index (χ1) is 21.1. The zero-order valence-corrected chi connectivity index (χ0v) is 28.4. The van der Waals surface area contributed by atoms with Crippen molar-refractivity contribution in [1.29, 1.82) is 0 Å². The number of rotatable bonds is 11. The minimum absolute atomic E-state index is 0.0189. The van der Waals surface area contributed by atoms with Crippen LogP contribution in [0.15, 0.2) is 106 Å². The van der Waals surface area contributed by atoms with Crippen molar-refractivity contribution in [3.63, 3.8) is 0 Å². The summed E-state index contributed by atoms with van der Waals surface area (Å²) < 4.78 is 0. The van der Waals surface area contributed by atoms with E-state index in [1.807, 2.05) is 88.5 Å². The average molecular weight is 613 g/mol. The van der Waals surface area contributed by atoms with Crippen molar-refractivity contribution in [2.75, 3.05) is 13.2 Å². The molecule has 0 heterocycles. The van der Waals surface area contributed by atoms with Gasteiger partial charge in [-0.25, -0.2) is 0 Å². The van der Waals surface area contributed by atoms with E-state index in [-0.39, 0.29) is 49.1 Å². The van der Waals surface area contributed by atoms with Crippen molar-refractivity contribution < 1.29 is 24.9 Å². The highest BCUT2D eigenvalue weighted by Gasteiger charge is 2.55. The Kier molecular flexibility index (Phi) is 13.9. The lowest BCUT2D eigenvalue weighted by atomic mass is 9.66. The van der Waals surface area contributed by atoms with Crippen LogP contribution in [-0.2, 0) is 9.59 Å². The molecular weight excluding hydrogens is 560 g/mol. The number of aliphatic hydroxyl groups excluding tert-OH is 3. The van der Waals surface area contributed by atoms with E-state index in [4.69, 9.17) is 0 Å². The molecule has 0 aromatic rings. The molecule has 3 N–H and O–H groups in total. The molecule has 0 amide bonds. The van der Waals surface area contributed by atoms with Gasteiger partial charge in [-0.2, -0.15) is 0 Å². The van der Waals surface area contributed by atoms with Gasteiger partial charge in [-0.05, 0) is 52.7 Å². The van der Waals surface area contributed by atoms with Gasteiger partial charge in [-0.3, -0.25) is 9.59 Å². The van der Waals surface area contributed by atoms with Gasteiger partial charge in [0.05, 0.1) is 12.7 Å². The number of allylic oxidation sites excluding steroid dienone is 16. The molecule has 2 rings (SSSR count). The molecule has 0 spiro atoms. The van der Waals surface area contributed by atoms with Crippen molar-refractivity contribution in [2.45, 2.75) is 87.2 Å². The number of Topliss-reactive ketones (excluding diaryl/α,β-unsaturated/α-hetero) is 1. The zero-order valence-electron chi connectivity index (χ0n) is 28.4. The second kappa shape index (κ2) is 16.7. The Morgan fingerprint density at radius 3 is 1.96 bits per heavy atom. The molecule has 0 radical (unpaired) electrons. The van der Waals surface area contributed by atoms with Gasteiger partial charge in [0, 0.05) is 46.8 Å². The van der Waals surface area contributed by atoms with Gasteiger partial charge in [-0.1, -0.05) is 123 Å². The van der Waals surface area contributed by atoms with Gasteiger partial charge < -0.3 is 15.3 Å². The molecule has 5 heteroatoms. The van der Waals surface area contributed by atoms with Crippen molar-refractivity contribution in [2.24, 2.45) is 16.2 Å². The first-order valence-corrected chi connectivity index (χ1v) is 15.7. The zero-order chi connectivity index (χ0) is 33.8. The minimum atomic E-state index is -0.886. The van der Waals surface area contributed by atoms with Crippen LogP contribution in [0.25, 0.3) is 0 Å². The summed E-state index contributed by atoms with van der Waals surface area (Å²) in [6.07, 6.45) is 24.1. The summed E-state index contributed by atoms with van der Waals surface area (Å²) in [7, 11) is 0. The SMILES string of the molecule is CC1=C(C#C/C(=C/C=C/C(C)=C/C=C/C=C(C)/C=C/C=C(C)/C=C/C(=O)[C@]2(C)CC(=O)C[C@@]2(C)CO)CO)C(C)(C)C[C@H](O)C1. The molecule has 1 saturated carbocycles. The molecule has 45 heavy (non-hydrogen) atoms. The van der Waals surface area contributed by atoms with Crippen molar-refractivity contribution in [3.05, 3.63) is 106 Å². The molecule has 2 aliphatic carbocycles. The number of carbonyl (C=O) groups excluding carboxylic acids is 2. The topological polar surface area (TPSA) is 94.8 Å². The Morgan fingerprint density at radius 1 is 0.844 bits per heavy atom. The highest BCUT2D eigenvalue weighted by Crippen LogP contribution is 2.51. The molecule has 0 bridgehead atoms. The van der Waals surface area contributed by atoms with Crippen LogP contribution in [0.3, 0.4) is 0 Å². The smallest absolute Gasteiger partial charge is 0.162 e. The number of carbonyl (C=O) groups is 2. The van der Waals surface area contributed by atoms with Gasteiger partial charge in [0.2, 0.25) is 0 Å². The molecular formula is C40H52O5. The highest BCUT2D eigenvalue weighted by atomic mass is 16.3. The third-order valence-corrected chi connectivity index (χ3v) is 8.97. The van der Waals surface area contributed by atoms with Gasteiger partial charge >= 0.3 is 0 Å². The van der Waals surface area contributed by atoms with Crippen molar-refractivity contribution >= 4 is 11.6 Å². The van der Waals surface area contributed by atoms with E-state index in [1.54, 1.807) is 19.9 Å². The number of hydrogen-bond donors (Lipinski definition) is 3. The van der Waals surface area contributed by atoms with Crippen molar-refractivity contribution in [1.82, 2.24) is 0 Å². The van der Waals surface area contributed by atoms with Crippen LogP contribution in [0.2, 0.25) is 0 Å². The fourth-order valence-electron chi connectivity index (χ4n) is 5.90. The van der Waals surface area contributed by atoms with Crippen LogP contribution in [0.5, 0.6) is 0 Å². The third kappa shape index (κ3) is 10.8. The van der Waals surface area contributed by atoms with Gasteiger partial charge in [0.15, 0.2) is 5.78 Å². The lowest BCUT2D eigenvalue weighted by Crippen LogP contribution is -2.41. The largest absolute Gasteiger partial charge is 0.396 e. The summed E-state index contributed by atoms with van der Waals surface area (Å²) in [6.45, 7) is 15.4. The fraction of sp³-hybridized carbons (Fsp3) is 0.450. The maximum absolute atomic E-state index is 12.9. The fourth-order valence-corrected chi connectivity index (χ4v) is 5.90. The summed E-state index contributed by atoms with van der Waals surface area (Å²) in [5, 5.41) is 29.7. The number of ketones is 2. The standard InChI is InChI=1S/C40H52O5/c1-29(15-11-16-31(3)19-22-37(45)40(8)26-35(44)25-39(40,7)28-42)13-9-10-14-30(2)17-12-18-33(27-41)20-21-36-32(4)23-34(43)24-38(36,5)6/h9-19,22,34,41-43H,23-28H2,1-8H3/b10-9+,15-11+,17-12+,22-19+,29-13+,30-14+,31-16+,33-18-/t34-,39+,40+/m1/s1. The lowest BCUT2D eigenvalue weighted by molar-refractivity contribution is -0.130. The Labute approximate surface area is 270 Å². The Hall–Kier alpha value is -3.56. The maximum atomic E-state index is 12.9. The summed E-state index contributed by atoms with van der Waals surface area (Å²) in [6, 6.07) is 0. The molecule has 0 saturated heterocycles. The first-order valence-electron chi connectivity index (χ1n) is 15.7. The van der Waals surface area contributed by atoms with Crippen LogP contribution in [0, 0.1) is 28.1 Å². The number of aliphatic hydroxyl groups is 3. The molecule has 0 unspecified atom stereocenters. The van der Waals surface area contributed by atoms with Crippen LogP contribution in [0.4, 0.5) is 0 Å². The van der Waals surface area contributed by atoms with Crippen LogP contribution >= 0.6 is 0 Å². The second-order valence-corrected chi connectivity index (χ2v) is 13.7. The Morgan fingerprint density at radius 2 is 1.40 bits per heavy atom. The van der Waals surface area contributed by atoms with E-state index in [0.717, 1.165) is 27.9 Å². The summed E-state index contributed by atoms with van der Waals surface area (Å²) >= 11 is 0. The quantitative estimate of drug-likeness (QED) is 0.128. The molecule has 3 atom stereocenters. The van der Waals surface area contributed by atoms with Crippen molar-refractivity contribution in [3.8, 4) is 11.8 Å². The summed E-state index contributed by atoms with van der Waals surface area (Å²) in [4.78, 5) is 25.0. The van der Waals surface area contributed by atoms with Crippen LogP contribution < -0.4 is 0 Å². The molecule has 0 aromatic carbocycles. The molecule has 2 aliphatic rings. The predicted molar refractivity (Wildman–Crippen MR) is 185 cm³/mol. The summed E-state index contributed by atoms with van der Waals surface area (Å²) in [5.41, 5.74) is 4.00. The molecule has 242 valence electrons. The third-order valence-electron chi connectivity index (χ3n) is 8.97. The van der Waals surface area contributed by atoms with Gasteiger partial charge in [-0.15, -0.1) is 0 Å². The van der Waals surface area contributed by atoms with E-state index >= 15 is 0 Å². The van der Waals surface area contributed by atoms with Crippen LogP contribution in [0.1, 0.15) is 81.1 Å². The summed E-state index contributed by atoms with van der Waals surface area (Å²) in [5.74, 6) is 6.25. The van der Waals surface area contributed by atoms with Crippen LogP contribution in [-0.4, -0.2) is 46.2 Å². The maximum Gasteiger partial charge on any atom is 0.162 e. The molecule has 5 nitrogen and oxygen atoms in total. The van der Waals surface area contributed by atoms with E-state index in [2.05, 4.69) is 25.7 Å². The van der Waals surface area contributed by atoms with E-state index < -0.39 is 10.8 Å².